The van der Waals surface area contributed by atoms with Gasteiger partial charge in [-0.05, 0) is 91.3 Å². The van der Waals surface area contributed by atoms with Crippen molar-refractivity contribution in [2.75, 3.05) is 0 Å². The number of fused-ring (bicyclic) bond motifs is 5. The zero-order valence-electron chi connectivity index (χ0n) is 19.7. The topological polar surface area (TPSA) is 20.2 Å². The molecule has 0 aromatic carbocycles. The minimum absolute atomic E-state index is 0.116. The van der Waals surface area contributed by atoms with Crippen molar-refractivity contribution < 1.29 is 5.11 Å². The molecule has 8 atom stereocenters. The number of aliphatic hydroxyl groups is 1. The van der Waals surface area contributed by atoms with Gasteiger partial charge in [0.05, 0.1) is 6.10 Å². The molecule has 0 radical (unpaired) electrons. The molecule has 162 valence electrons. The van der Waals surface area contributed by atoms with Crippen molar-refractivity contribution in [3.05, 3.63) is 35.5 Å². The molecular weight excluding hydrogens is 352 g/mol. The summed E-state index contributed by atoms with van der Waals surface area (Å²) in [5.74, 6) is 4.38. The van der Waals surface area contributed by atoms with Gasteiger partial charge < -0.3 is 5.11 Å². The quantitative estimate of drug-likeness (QED) is 0.493. The van der Waals surface area contributed by atoms with Crippen molar-refractivity contribution in [1.29, 1.82) is 0 Å². The average Bonchev–Trinajstić information content (AvgIpc) is 3.03. The van der Waals surface area contributed by atoms with E-state index in [1.807, 2.05) is 0 Å². The lowest BCUT2D eigenvalue weighted by molar-refractivity contribution is 0.0382. The largest absolute Gasteiger partial charge is 0.393 e. The van der Waals surface area contributed by atoms with Crippen LogP contribution in [-0.4, -0.2) is 11.2 Å². The normalized spacial score (nSPS) is 44.0. The van der Waals surface area contributed by atoms with Crippen LogP contribution in [0, 0.1) is 46.3 Å². The second-order valence-electron chi connectivity index (χ2n) is 11.9. The van der Waals surface area contributed by atoms with E-state index < -0.39 is 0 Å². The first-order valence-electron chi connectivity index (χ1n) is 12.4. The highest BCUT2D eigenvalue weighted by atomic mass is 16.3. The van der Waals surface area contributed by atoms with Gasteiger partial charge in [-0.2, -0.15) is 0 Å². The monoisotopic (exact) mass is 396 g/mol. The summed E-state index contributed by atoms with van der Waals surface area (Å²) in [5, 5.41) is 10.2. The standard InChI is InChI=1S/C28H44O/c1-18(2)19(3)7-8-20(4)24-11-12-25-23-10-9-21-17-22(29)13-15-27(21,5)26(23)14-16-28(24,25)6/h7-10,18-20,22,24-26,29H,11-17H2,1-6H3/b8-7+/t19-,20-,22-,24-,25-,26+,27-,28+/m0/s1. The summed E-state index contributed by atoms with van der Waals surface area (Å²) < 4.78 is 0. The molecule has 1 nitrogen and oxygen atoms in total. The van der Waals surface area contributed by atoms with Crippen LogP contribution in [0.15, 0.2) is 35.5 Å². The summed E-state index contributed by atoms with van der Waals surface area (Å²) >= 11 is 0. The molecule has 0 heterocycles. The van der Waals surface area contributed by atoms with Gasteiger partial charge in [-0.15, -0.1) is 0 Å². The summed E-state index contributed by atoms with van der Waals surface area (Å²) in [5.41, 5.74) is 4.07. The van der Waals surface area contributed by atoms with Gasteiger partial charge in [0.15, 0.2) is 0 Å². The Morgan fingerprint density at radius 2 is 1.69 bits per heavy atom. The second-order valence-corrected chi connectivity index (χ2v) is 11.9. The molecule has 0 amide bonds. The van der Waals surface area contributed by atoms with Crippen molar-refractivity contribution in [3.63, 3.8) is 0 Å². The van der Waals surface area contributed by atoms with Crippen LogP contribution < -0.4 is 0 Å². The molecule has 0 aliphatic heterocycles. The van der Waals surface area contributed by atoms with E-state index in [9.17, 15) is 5.11 Å². The molecule has 0 aromatic heterocycles. The van der Waals surface area contributed by atoms with Crippen molar-refractivity contribution in [3.8, 4) is 0 Å². The minimum Gasteiger partial charge on any atom is -0.393 e. The molecule has 1 heteroatoms. The lowest BCUT2D eigenvalue weighted by Crippen LogP contribution is -2.46. The molecule has 0 saturated heterocycles. The third-order valence-corrected chi connectivity index (χ3v) is 10.0. The zero-order chi connectivity index (χ0) is 21.0. The molecule has 0 bridgehead atoms. The number of hydrogen-bond donors (Lipinski definition) is 1. The van der Waals surface area contributed by atoms with Crippen molar-refractivity contribution in [2.45, 2.75) is 92.6 Å². The number of hydrogen-bond acceptors (Lipinski definition) is 1. The zero-order valence-corrected chi connectivity index (χ0v) is 19.7. The van der Waals surface area contributed by atoms with Crippen LogP contribution >= 0.6 is 0 Å². The number of allylic oxidation sites excluding steroid dienone is 5. The van der Waals surface area contributed by atoms with Crippen molar-refractivity contribution in [2.24, 2.45) is 46.3 Å². The summed E-state index contributed by atoms with van der Waals surface area (Å²) in [6, 6.07) is 0. The Morgan fingerprint density at radius 1 is 0.931 bits per heavy atom. The molecule has 3 fully saturated rings. The SMILES string of the molecule is CC(C)[C@@H](C)/C=C/[C@H](C)[C@@H]1CC[C@H]2C3=CC=C4C[C@@H](O)CC[C@]4(C)[C@@H]3CC[C@@]21C. The van der Waals surface area contributed by atoms with Gasteiger partial charge in [0.2, 0.25) is 0 Å². The molecule has 29 heavy (non-hydrogen) atoms. The fourth-order valence-corrected chi connectivity index (χ4v) is 7.59. The van der Waals surface area contributed by atoms with Gasteiger partial charge in [-0.25, -0.2) is 0 Å². The average molecular weight is 397 g/mol. The molecule has 0 unspecified atom stereocenters. The van der Waals surface area contributed by atoms with E-state index in [-0.39, 0.29) is 6.10 Å². The fourth-order valence-electron chi connectivity index (χ4n) is 7.59. The van der Waals surface area contributed by atoms with E-state index in [4.69, 9.17) is 0 Å². The highest BCUT2D eigenvalue weighted by molar-refractivity contribution is 5.39. The van der Waals surface area contributed by atoms with E-state index in [1.165, 1.54) is 37.7 Å². The maximum absolute atomic E-state index is 10.2. The third-order valence-electron chi connectivity index (χ3n) is 10.0. The van der Waals surface area contributed by atoms with Gasteiger partial charge in [0, 0.05) is 0 Å². The first-order chi connectivity index (χ1) is 13.7. The summed E-state index contributed by atoms with van der Waals surface area (Å²) in [7, 11) is 0. The predicted octanol–water partition coefficient (Wildman–Crippen LogP) is 7.33. The van der Waals surface area contributed by atoms with Crippen LogP contribution in [0.1, 0.15) is 86.5 Å². The Labute approximate surface area is 179 Å². The molecule has 1 N–H and O–H groups in total. The maximum atomic E-state index is 10.2. The van der Waals surface area contributed by atoms with Gasteiger partial charge in [0.1, 0.15) is 0 Å². The Hall–Kier alpha value is -0.820. The molecule has 3 saturated carbocycles. The molecule has 4 aliphatic rings. The van der Waals surface area contributed by atoms with Crippen LogP contribution in [0.2, 0.25) is 0 Å². The smallest absolute Gasteiger partial charge is 0.0578 e. The van der Waals surface area contributed by atoms with Gasteiger partial charge in [-0.1, -0.05) is 77.0 Å². The molecule has 0 aromatic rings. The molecule has 4 rings (SSSR count). The highest BCUT2D eigenvalue weighted by Gasteiger charge is 2.56. The van der Waals surface area contributed by atoms with E-state index >= 15 is 0 Å². The van der Waals surface area contributed by atoms with Crippen molar-refractivity contribution >= 4 is 0 Å². The Morgan fingerprint density at radius 3 is 2.41 bits per heavy atom. The van der Waals surface area contributed by atoms with Crippen LogP contribution in [0.4, 0.5) is 0 Å². The van der Waals surface area contributed by atoms with Crippen LogP contribution in [0.25, 0.3) is 0 Å². The number of aliphatic hydroxyl groups excluding tert-OH is 1. The Balaban J connectivity index is 1.57. The van der Waals surface area contributed by atoms with Gasteiger partial charge in [-0.3, -0.25) is 0 Å². The third kappa shape index (κ3) is 3.50. The fraction of sp³-hybridized carbons (Fsp3) is 0.786. The van der Waals surface area contributed by atoms with Crippen molar-refractivity contribution in [1.82, 2.24) is 0 Å². The molecule has 0 spiro atoms. The Bertz CT molecular complexity index is 712. The predicted molar refractivity (Wildman–Crippen MR) is 123 cm³/mol. The summed E-state index contributed by atoms with van der Waals surface area (Å²) in [6.07, 6.45) is 18.4. The van der Waals surface area contributed by atoms with Gasteiger partial charge in [0.25, 0.3) is 0 Å². The first kappa shape index (κ1) is 21.4. The minimum atomic E-state index is -0.116. The van der Waals surface area contributed by atoms with Gasteiger partial charge >= 0.3 is 0 Å². The van der Waals surface area contributed by atoms with Crippen LogP contribution in [-0.2, 0) is 0 Å². The maximum Gasteiger partial charge on any atom is 0.0578 e. The van der Waals surface area contributed by atoms with E-state index in [1.54, 1.807) is 5.57 Å². The summed E-state index contributed by atoms with van der Waals surface area (Å²) in [6.45, 7) is 14.6. The van der Waals surface area contributed by atoms with E-state index in [2.05, 4.69) is 65.8 Å². The second kappa shape index (κ2) is 7.70. The lowest BCUT2D eigenvalue weighted by atomic mass is 9.50. The summed E-state index contributed by atoms with van der Waals surface area (Å²) in [4.78, 5) is 0. The van der Waals surface area contributed by atoms with E-state index in [0.717, 1.165) is 36.5 Å². The lowest BCUT2D eigenvalue weighted by Gasteiger charge is -2.55. The Kier molecular flexibility index (Phi) is 5.69. The highest BCUT2D eigenvalue weighted by Crippen LogP contribution is 2.65. The van der Waals surface area contributed by atoms with E-state index in [0.29, 0.717) is 22.7 Å². The molecule has 4 aliphatic carbocycles. The van der Waals surface area contributed by atoms with Crippen LogP contribution in [0.5, 0.6) is 0 Å². The number of rotatable bonds is 4. The first-order valence-corrected chi connectivity index (χ1v) is 12.4. The molecular formula is C28H44O. The van der Waals surface area contributed by atoms with Crippen LogP contribution in [0.3, 0.4) is 0 Å².